The van der Waals surface area contributed by atoms with Gasteiger partial charge in [-0.05, 0) is 31.2 Å². The molecule has 0 saturated carbocycles. The Kier molecular flexibility index (Phi) is 6.79. The summed E-state index contributed by atoms with van der Waals surface area (Å²) in [5.41, 5.74) is 0.531. The Hall–Kier alpha value is -2.11. The summed E-state index contributed by atoms with van der Waals surface area (Å²) >= 11 is 12.1. The quantitative estimate of drug-likeness (QED) is 0.504. The number of hydrogen-bond acceptors (Lipinski definition) is 5. The van der Waals surface area contributed by atoms with E-state index in [1.54, 1.807) is 37.4 Å². The van der Waals surface area contributed by atoms with Crippen LogP contribution in [0.3, 0.4) is 0 Å². The molecule has 0 unspecified atom stereocenters. The van der Waals surface area contributed by atoms with E-state index in [4.69, 9.17) is 32.7 Å². The molecule has 0 N–H and O–H groups in total. The summed E-state index contributed by atoms with van der Waals surface area (Å²) in [5, 5.41) is 0.864. The van der Waals surface area contributed by atoms with Gasteiger partial charge in [0.25, 0.3) is 0 Å². The minimum absolute atomic E-state index is 0.117. The molecule has 5 nitrogen and oxygen atoms in total. The van der Waals surface area contributed by atoms with Gasteiger partial charge in [-0.25, -0.2) is 9.78 Å². The highest BCUT2D eigenvalue weighted by Crippen LogP contribution is 2.32. The highest BCUT2D eigenvalue weighted by Gasteiger charge is 2.13. The number of carbonyl (C=O) groups is 1. The molecule has 0 amide bonds. The summed E-state index contributed by atoms with van der Waals surface area (Å²) in [4.78, 5) is 20.2. The zero-order chi connectivity index (χ0) is 18.4. The number of aromatic nitrogens is 2. The van der Waals surface area contributed by atoms with Gasteiger partial charge in [0.15, 0.2) is 0 Å². The van der Waals surface area contributed by atoms with Crippen molar-refractivity contribution in [1.82, 2.24) is 9.97 Å². The number of esters is 1. The Morgan fingerprint density at radius 1 is 1.32 bits per heavy atom. The first kappa shape index (κ1) is 19.2. The number of benzene rings is 1. The van der Waals surface area contributed by atoms with Gasteiger partial charge in [-0.15, -0.1) is 0 Å². The maximum atomic E-state index is 11.5. The second-order valence-electron chi connectivity index (χ2n) is 5.41. The van der Waals surface area contributed by atoms with Crippen LogP contribution in [0.15, 0.2) is 30.5 Å². The maximum absolute atomic E-state index is 11.5. The van der Waals surface area contributed by atoms with E-state index in [1.165, 1.54) is 6.08 Å². The first-order valence-electron chi connectivity index (χ1n) is 7.75. The molecule has 1 aromatic heterocycles. The van der Waals surface area contributed by atoms with Gasteiger partial charge in [0, 0.05) is 23.2 Å². The molecule has 7 heteroatoms. The average molecular weight is 381 g/mol. The third-order valence-corrected chi connectivity index (χ3v) is 3.63. The van der Waals surface area contributed by atoms with Crippen LogP contribution < -0.4 is 4.74 Å². The van der Waals surface area contributed by atoms with Crippen LogP contribution in [0.1, 0.15) is 38.1 Å². The summed E-state index contributed by atoms with van der Waals surface area (Å²) in [6.07, 6.45) is 4.44. The lowest BCUT2D eigenvalue weighted by Gasteiger charge is -2.12. The van der Waals surface area contributed by atoms with Crippen molar-refractivity contribution in [2.75, 3.05) is 6.61 Å². The third-order valence-electron chi connectivity index (χ3n) is 3.10. The fourth-order valence-electron chi connectivity index (χ4n) is 1.87. The monoisotopic (exact) mass is 380 g/mol. The van der Waals surface area contributed by atoms with Crippen molar-refractivity contribution >= 4 is 35.2 Å². The summed E-state index contributed by atoms with van der Waals surface area (Å²) < 4.78 is 10.7. The maximum Gasteiger partial charge on any atom is 0.330 e. The second kappa shape index (κ2) is 8.83. The van der Waals surface area contributed by atoms with Gasteiger partial charge in [0.05, 0.1) is 17.2 Å². The summed E-state index contributed by atoms with van der Waals surface area (Å²) in [6.45, 7) is 5.99. The minimum atomic E-state index is -0.453. The van der Waals surface area contributed by atoms with Crippen molar-refractivity contribution < 1.29 is 14.3 Å². The first-order chi connectivity index (χ1) is 11.9. The molecule has 132 valence electrons. The molecule has 0 bridgehead atoms. The lowest BCUT2D eigenvalue weighted by molar-refractivity contribution is -0.137. The van der Waals surface area contributed by atoms with Crippen LogP contribution in [0.25, 0.3) is 6.08 Å². The number of nitrogens with zero attached hydrogens (tertiary/aromatic N) is 2. The summed E-state index contributed by atoms with van der Waals surface area (Å²) in [5.74, 6) is 0.985. The summed E-state index contributed by atoms with van der Waals surface area (Å²) in [6, 6.07) is 4.90. The molecule has 1 heterocycles. The molecule has 0 saturated heterocycles. The van der Waals surface area contributed by atoms with Gasteiger partial charge < -0.3 is 9.47 Å². The van der Waals surface area contributed by atoms with E-state index in [-0.39, 0.29) is 5.92 Å². The fraction of sp³-hybridized carbons (Fsp3) is 0.278. The van der Waals surface area contributed by atoms with Crippen molar-refractivity contribution in [1.29, 1.82) is 0 Å². The average Bonchev–Trinajstić information content (AvgIpc) is 2.56. The van der Waals surface area contributed by atoms with Gasteiger partial charge in [-0.3, -0.25) is 0 Å². The van der Waals surface area contributed by atoms with Crippen LogP contribution in [0, 0.1) is 0 Å². The van der Waals surface area contributed by atoms with Crippen molar-refractivity contribution in [3.8, 4) is 11.6 Å². The molecule has 0 aliphatic rings. The lowest BCUT2D eigenvalue weighted by Crippen LogP contribution is -2.02. The lowest BCUT2D eigenvalue weighted by atomic mass is 10.2. The molecular formula is C18H18Cl2N2O3. The summed E-state index contributed by atoms with van der Waals surface area (Å²) in [7, 11) is 0. The van der Waals surface area contributed by atoms with E-state index in [0.29, 0.717) is 39.7 Å². The number of halogens is 2. The zero-order valence-corrected chi connectivity index (χ0v) is 15.6. The molecule has 2 rings (SSSR count). The van der Waals surface area contributed by atoms with Gasteiger partial charge >= 0.3 is 5.97 Å². The molecular weight excluding hydrogens is 363 g/mol. The van der Waals surface area contributed by atoms with E-state index in [2.05, 4.69) is 9.97 Å². The van der Waals surface area contributed by atoms with E-state index in [9.17, 15) is 4.79 Å². The Labute approximate surface area is 156 Å². The van der Waals surface area contributed by atoms with Gasteiger partial charge in [0.2, 0.25) is 5.88 Å². The first-order valence-corrected chi connectivity index (χ1v) is 8.51. The van der Waals surface area contributed by atoms with Crippen molar-refractivity contribution in [3.05, 3.63) is 51.9 Å². The normalized spacial score (nSPS) is 11.1. The number of ether oxygens (including phenoxy) is 2. The van der Waals surface area contributed by atoms with Crippen LogP contribution in [0.5, 0.6) is 11.6 Å². The van der Waals surface area contributed by atoms with E-state index < -0.39 is 5.97 Å². The second-order valence-corrected chi connectivity index (χ2v) is 6.25. The Bertz CT molecular complexity index is 792. The van der Waals surface area contributed by atoms with Crippen molar-refractivity contribution in [2.45, 2.75) is 26.7 Å². The van der Waals surface area contributed by atoms with E-state index in [0.717, 1.165) is 0 Å². The van der Waals surface area contributed by atoms with Crippen LogP contribution >= 0.6 is 23.2 Å². The number of carbonyl (C=O) groups excluding carboxylic acids is 1. The van der Waals surface area contributed by atoms with E-state index >= 15 is 0 Å². The predicted octanol–water partition coefficient (Wildman–Crippen LogP) is 5.28. The molecule has 2 aromatic rings. The third kappa shape index (κ3) is 5.44. The smallest absolute Gasteiger partial charge is 0.330 e. The Balaban J connectivity index is 2.38. The van der Waals surface area contributed by atoms with Crippen molar-refractivity contribution in [3.63, 3.8) is 0 Å². The largest absolute Gasteiger partial charge is 0.463 e. The molecule has 0 radical (unpaired) electrons. The molecule has 0 aliphatic heterocycles. The SMILES string of the molecule is CCOC(=O)/C=C/c1cnc(C(C)C)nc1Oc1ccc(Cl)cc1Cl. The van der Waals surface area contributed by atoms with Crippen LogP contribution in [0.4, 0.5) is 0 Å². The number of rotatable bonds is 6. The molecule has 25 heavy (non-hydrogen) atoms. The molecule has 1 aromatic carbocycles. The van der Waals surface area contributed by atoms with Gasteiger partial charge in [-0.1, -0.05) is 37.0 Å². The van der Waals surface area contributed by atoms with Crippen molar-refractivity contribution in [2.24, 2.45) is 0 Å². The highest BCUT2D eigenvalue weighted by atomic mass is 35.5. The number of hydrogen-bond donors (Lipinski definition) is 0. The molecule has 0 atom stereocenters. The Morgan fingerprint density at radius 3 is 2.72 bits per heavy atom. The standard InChI is InChI=1S/C18H18Cl2N2O3/c1-4-24-16(23)8-5-12-10-21-17(11(2)3)22-18(12)25-15-7-6-13(19)9-14(15)20/h5-11H,4H2,1-3H3/b8-5+. The predicted molar refractivity (Wildman–Crippen MR) is 98.3 cm³/mol. The van der Waals surface area contributed by atoms with E-state index in [1.807, 2.05) is 13.8 Å². The van der Waals surface area contributed by atoms with Crippen LogP contribution in [-0.2, 0) is 9.53 Å². The minimum Gasteiger partial charge on any atom is -0.463 e. The van der Waals surface area contributed by atoms with Crippen LogP contribution in [0.2, 0.25) is 10.0 Å². The van der Waals surface area contributed by atoms with Gasteiger partial charge in [-0.2, -0.15) is 4.98 Å². The Morgan fingerprint density at radius 2 is 2.08 bits per heavy atom. The molecule has 0 aliphatic carbocycles. The highest BCUT2D eigenvalue weighted by molar-refractivity contribution is 6.35. The van der Waals surface area contributed by atoms with Crippen LogP contribution in [-0.4, -0.2) is 22.5 Å². The van der Waals surface area contributed by atoms with Gasteiger partial charge in [0.1, 0.15) is 11.6 Å². The molecule has 0 spiro atoms. The fourth-order valence-corrected chi connectivity index (χ4v) is 2.32. The zero-order valence-electron chi connectivity index (χ0n) is 14.1. The molecule has 0 fully saturated rings. The topological polar surface area (TPSA) is 61.3 Å².